The van der Waals surface area contributed by atoms with Gasteiger partial charge in [-0.25, -0.2) is 0 Å². The summed E-state index contributed by atoms with van der Waals surface area (Å²) in [5.41, 5.74) is 0. The molecule has 0 saturated heterocycles. The number of aliphatic hydroxyl groups is 1. The smallest absolute Gasteiger partial charge is 0.0509 e. The number of rotatable bonds is 1. The van der Waals surface area contributed by atoms with Gasteiger partial charge < -0.3 is 10.6 Å². The van der Waals surface area contributed by atoms with Crippen LogP contribution in [-0.4, -0.2) is 16.7 Å². The van der Waals surface area contributed by atoms with Crippen LogP contribution in [0.4, 0.5) is 0 Å². The fraction of sp³-hybridized carbons (Fsp3) is 0.667. The first-order valence-corrected chi connectivity index (χ1v) is 2.45. The highest BCUT2D eigenvalue weighted by molar-refractivity contribution is 4.34. The summed E-state index contributed by atoms with van der Waals surface area (Å²) in [6, 6.07) is 0. The van der Waals surface area contributed by atoms with E-state index in [0.717, 1.165) is 6.42 Å². The third-order valence-electron chi connectivity index (χ3n) is 0.591. The lowest BCUT2D eigenvalue weighted by Crippen LogP contribution is -1.93. The first-order chi connectivity index (χ1) is 3.27. The maximum atomic E-state index is 8.36. The van der Waals surface area contributed by atoms with Crippen LogP contribution in [0.25, 0.3) is 0 Å². The van der Waals surface area contributed by atoms with Gasteiger partial charge in [0.2, 0.25) is 0 Å². The summed E-state index contributed by atoms with van der Waals surface area (Å²) >= 11 is 0. The normalized spacial score (nSPS) is 9.88. The Balaban J connectivity index is -0.0000000750. The monoisotopic (exact) mass is 120 g/mol. The summed E-state index contributed by atoms with van der Waals surface area (Å²) in [5.74, 6) is 0. The molecule has 0 fully saturated rings. The van der Waals surface area contributed by atoms with Gasteiger partial charge in [-0.05, 0) is 13.3 Å². The van der Waals surface area contributed by atoms with Crippen molar-refractivity contribution < 1.29 is 10.6 Å². The molecule has 0 aliphatic heterocycles. The van der Waals surface area contributed by atoms with Crippen molar-refractivity contribution in [2.24, 2.45) is 0 Å². The third kappa shape index (κ3) is 44.6. The minimum atomic E-state index is -0.116. The Morgan fingerprint density at radius 1 is 1.50 bits per heavy atom. The van der Waals surface area contributed by atoms with Crippen LogP contribution in [0.15, 0.2) is 13.2 Å². The first-order valence-electron chi connectivity index (χ1n) is 2.45. The molecule has 0 bridgehead atoms. The van der Waals surface area contributed by atoms with E-state index >= 15 is 0 Å². The molecule has 1 unspecified atom stereocenters. The van der Waals surface area contributed by atoms with Gasteiger partial charge in [-0.1, -0.05) is 6.92 Å². The quantitative estimate of drug-likeness (QED) is 0.510. The minimum absolute atomic E-state index is 0. The van der Waals surface area contributed by atoms with Crippen molar-refractivity contribution in [3.05, 3.63) is 13.2 Å². The molecule has 0 saturated carbocycles. The molecule has 52 valence electrons. The van der Waals surface area contributed by atoms with E-state index in [1.165, 1.54) is 0 Å². The van der Waals surface area contributed by atoms with Crippen LogP contribution in [0.5, 0.6) is 0 Å². The lowest BCUT2D eigenvalue weighted by atomic mass is 10.3. The van der Waals surface area contributed by atoms with Crippen molar-refractivity contribution in [1.82, 2.24) is 0 Å². The predicted octanol–water partition coefficient (Wildman–Crippen LogP) is 0.755. The predicted molar refractivity (Wildman–Crippen MR) is 36.8 cm³/mol. The molecule has 0 aliphatic carbocycles. The molecule has 0 amide bonds. The van der Waals surface area contributed by atoms with Crippen LogP contribution in [0.3, 0.4) is 0 Å². The summed E-state index contributed by atoms with van der Waals surface area (Å²) in [7, 11) is 0. The summed E-state index contributed by atoms with van der Waals surface area (Å²) in [5, 5.41) is 8.36. The van der Waals surface area contributed by atoms with E-state index in [0.29, 0.717) is 0 Å². The molecule has 0 rings (SSSR count). The van der Waals surface area contributed by atoms with Crippen molar-refractivity contribution in [3.8, 4) is 0 Å². The molecular weight excluding hydrogens is 104 g/mol. The second-order valence-corrected chi connectivity index (χ2v) is 1.26. The van der Waals surface area contributed by atoms with Gasteiger partial charge in [0.05, 0.1) is 6.10 Å². The summed E-state index contributed by atoms with van der Waals surface area (Å²) in [6.45, 7) is 9.73. The second-order valence-electron chi connectivity index (χ2n) is 1.26. The summed E-state index contributed by atoms with van der Waals surface area (Å²) < 4.78 is 0. The molecule has 2 nitrogen and oxygen atoms in total. The Bertz CT molecular complexity index is 27.7. The SMILES string of the molecule is C=C.CCC(C)O.O. The maximum absolute atomic E-state index is 8.36. The van der Waals surface area contributed by atoms with Crippen LogP contribution in [0.1, 0.15) is 20.3 Å². The first kappa shape index (κ1) is 15.6. The number of hydrogen-bond acceptors (Lipinski definition) is 1. The Hall–Kier alpha value is -0.340. The topological polar surface area (TPSA) is 51.7 Å². The van der Waals surface area contributed by atoms with Crippen molar-refractivity contribution in [2.45, 2.75) is 26.4 Å². The molecule has 0 aromatic carbocycles. The Kier molecular flexibility index (Phi) is 31.2. The van der Waals surface area contributed by atoms with E-state index in [-0.39, 0.29) is 11.6 Å². The zero-order valence-corrected chi connectivity index (χ0v) is 5.65. The van der Waals surface area contributed by atoms with Crippen LogP contribution in [0, 0.1) is 0 Å². The molecule has 0 heterocycles. The summed E-state index contributed by atoms with van der Waals surface area (Å²) in [6.07, 6.45) is 0.745. The highest BCUT2D eigenvalue weighted by Gasteiger charge is 1.81. The number of hydrogen-bond donors (Lipinski definition) is 1. The van der Waals surface area contributed by atoms with Crippen LogP contribution in [-0.2, 0) is 0 Å². The van der Waals surface area contributed by atoms with Gasteiger partial charge in [0.25, 0.3) is 0 Å². The van der Waals surface area contributed by atoms with Crippen LogP contribution in [0.2, 0.25) is 0 Å². The Morgan fingerprint density at radius 3 is 1.62 bits per heavy atom. The van der Waals surface area contributed by atoms with E-state index in [9.17, 15) is 0 Å². The van der Waals surface area contributed by atoms with Crippen molar-refractivity contribution in [3.63, 3.8) is 0 Å². The second kappa shape index (κ2) is 15.9. The molecular formula is C6H16O2. The Morgan fingerprint density at radius 2 is 1.62 bits per heavy atom. The van der Waals surface area contributed by atoms with Crippen LogP contribution < -0.4 is 0 Å². The standard InChI is InChI=1S/C4H10O.C2H4.H2O/c1-3-4(2)5;1-2;/h4-5H,3H2,1-2H3;1-2H2;1H2. The van der Waals surface area contributed by atoms with E-state index < -0.39 is 0 Å². The van der Waals surface area contributed by atoms with Gasteiger partial charge in [0.15, 0.2) is 0 Å². The molecule has 0 aromatic rings. The van der Waals surface area contributed by atoms with E-state index in [4.69, 9.17) is 5.11 Å². The average molecular weight is 120 g/mol. The lowest BCUT2D eigenvalue weighted by molar-refractivity contribution is 0.191. The van der Waals surface area contributed by atoms with E-state index in [1.807, 2.05) is 6.92 Å². The molecule has 0 aromatic heterocycles. The van der Waals surface area contributed by atoms with Gasteiger partial charge in [0.1, 0.15) is 0 Å². The third-order valence-corrected chi connectivity index (χ3v) is 0.591. The maximum Gasteiger partial charge on any atom is 0.0509 e. The van der Waals surface area contributed by atoms with E-state index in [2.05, 4.69) is 13.2 Å². The molecule has 8 heavy (non-hydrogen) atoms. The zero-order chi connectivity index (χ0) is 6.28. The molecule has 3 N–H and O–H groups in total. The van der Waals surface area contributed by atoms with Gasteiger partial charge in [-0.3, -0.25) is 0 Å². The van der Waals surface area contributed by atoms with Crippen LogP contribution >= 0.6 is 0 Å². The fourth-order valence-corrected chi connectivity index (χ4v) is 0. The molecule has 1 atom stereocenters. The fourth-order valence-electron chi connectivity index (χ4n) is 0. The Labute approximate surface area is 51.2 Å². The van der Waals surface area contributed by atoms with Gasteiger partial charge in [-0.2, -0.15) is 0 Å². The molecule has 0 aliphatic rings. The minimum Gasteiger partial charge on any atom is -0.412 e. The lowest BCUT2D eigenvalue weighted by Gasteiger charge is -1.90. The molecule has 0 radical (unpaired) electrons. The number of aliphatic hydroxyl groups excluding tert-OH is 1. The summed E-state index contributed by atoms with van der Waals surface area (Å²) in [4.78, 5) is 0. The van der Waals surface area contributed by atoms with Gasteiger partial charge in [-0.15, -0.1) is 13.2 Å². The molecule has 0 spiro atoms. The van der Waals surface area contributed by atoms with E-state index in [1.54, 1.807) is 6.92 Å². The van der Waals surface area contributed by atoms with Gasteiger partial charge >= 0.3 is 0 Å². The molecule has 2 heteroatoms. The highest BCUT2D eigenvalue weighted by atomic mass is 16.3. The zero-order valence-electron chi connectivity index (χ0n) is 5.65. The largest absolute Gasteiger partial charge is 0.412 e. The van der Waals surface area contributed by atoms with Crippen molar-refractivity contribution >= 4 is 0 Å². The highest BCUT2D eigenvalue weighted by Crippen LogP contribution is 1.81. The van der Waals surface area contributed by atoms with Crippen molar-refractivity contribution in [1.29, 1.82) is 0 Å². The van der Waals surface area contributed by atoms with Gasteiger partial charge in [0, 0.05) is 0 Å². The van der Waals surface area contributed by atoms with Crippen molar-refractivity contribution in [2.75, 3.05) is 0 Å². The average Bonchev–Trinajstić information content (AvgIpc) is 1.73.